The molecule has 0 unspecified atom stereocenters. The first-order chi connectivity index (χ1) is 11.1. The zero-order valence-corrected chi connectivity index (χ0v) is 13.0. The summed E-state index contributed by atoms with van der Waals surface area (Å²) in [6.07, 6.45) is 3.43. The van der Waals surface area contributed by atoms with Gasteiger partial charge in [0.2, 0.25) is 11.8 Å². The van der Waals surface area contributed by atoms with Gasteiger partial charge in [-0.15, -0.1) is 0 Å². The number of benzene rings is 1. The second-order valence-electron chi connectivity index (χ2n) is 5.05. The number of amides is 1. The van der Waals surface area contributed by atoms with Crippen LogP contribution in [0.25, 0.3) is 10.9 Å². The van der Waals surface area contributed by atoms with Crippen LogP contribution in [0.5, 0.6) is 0 Å². The second-order valence-corrected chi connectivity index (χ2v) is 5.48. The van der Waals surface area contributed by atoms with E-state index in [9.17, 15) is 9.59 Å². The highest BCUT2D eigenvalue weighted by Gasteiger charge is 2.11. The van der Waals surface area contributed by atoms with Crippen molar-refractivity contribution in [2.75, 3.05) is 5.32 Å². The molecular weight excluding hydrogens is 314 g/mol. The van der Waals surface area contributed by atoms with Gasteiger partial charge >= 0.3 is 0 Å². The Kier molecular flexibility index (Phi) is 4.39. The normalized spacial score (nSPS) is 10.7. The first kappa shape index (κ1) is 15.2. The average molecular weight is 328 g/mol. The number of hydrogen-bond acceptors (Lipinski definition) is 3. The molecular formula is C17H14ClN3O2. The molecule has 3 rings (SSSR count). The van der Waals surface area contributed by atoms with Crippen LogP contribution in [0.15, 0.2) is 54.9 Å². The maximum Gasteiger partial charge on any atom is 0.231 e. The summed E-state index contributed by atoms with van der Waals surface area (Å²) in [4.78, 5) is 28.2. The van der Waals surface area contributed by atoms with Crippen LogP contribution in [0, 0.1) is 0 Å². The third-order valence-electron chi connectivity index (χ3n) is 3.42. The Bertz CT molecular complexity index is 873. The number of para-hydroxylation sites is 1. The molecule has 2 aromatic heterocycles. The first-order valence-electron chi connectivity index (χ1n) is 7.14. The zero-order chi connectivity index (χ0) is 16.2. The Balaban J connectivity index is 1.61. The number of aromatic nitrogens is 2. The molecule has 0 radical (unpaired) electrons. The van der Waals surface area contributed by atoms with Crippen molar-refractivity contribution in [1.29, 1.82) is 0 Å². The van der Waals surface area contributed by atoms with E-state index in [1.54, 1.807) is 22.9 Å². The van der Waals surface area contributed by atoms with Crippen molar-refractivity contribution >= 4 is 40.1 Å². The van der Waals surface area contributed by atoms with Crippen molar-refractivity contribution in [3.63, 3.8) is 0 Å². The molecule has 0 atom stereocenters. The van der Waals surface area contributed by atoms with Gasteiger partial charge in [0.15, 0.2) is 0 Å². The average Bonchev–Trinajstić information content (AvgIpc) is 2.97. The van der Waals surface area contributed by atoms with Gasteiger partial charge in [-0.2, -0.15) is 0 Å². The SMILES string of the molecule is O=C(CCC(=O)n1ccc2ccccc21)Nc1cc(Cl)ccn1. The number of carbonyl (C=O) groups excluding carboxylic acids is 2. The van der Waals surface area contributed by atoms with Crippen molar-refractivity contribution < 1.29 is 9.59 Å². The number of fused-ring (bicyclic) bond motifs is 1. The van der Waals surface area contributed by atoms with Crippen LogP contribution in [0.1, 0.15) is 17.6 Å². The van der Waals surface area contributed by atoms with E-state index in [0.29, 0.717) is 10.8 Å². The summed E-state index contributed by atoms with van der Waals surface area (Å²) >= 11 is 5.83. The highest BCUT2D eigenvalue weighted by Crippen LogP contribution is 2.16. The fraction of sp³-hybridized carbons (Fsp3) is 0.118. The van der Waals surface area contributed by atoms with Gasteiger partial charge in [-0.3, -0.25) is 14.2 Å². The predicted molar refractivity (Wildman–Crippen MR) is 89.7 cm³/mol. The number of pyridine rings is 1. The number of anilines is 1. The number of nitrogens with zero attached hydrogens (tertiary/aromatic N) is 2. The minimum atomic E-state index is -0.274. The van der Waals surface area contributed by atoms with Crippen LogP contribution < -0.4 is 5.32 Å². The van der Waals surface area contributed by atoms with E-state index in [4.69, 9.17) is 11.6 Å². The van der Waals surface area contributed by atoms with Crippen molar-refractivity contribution in [3.8, 4) is 0 Å². The topological polar surface area (TPSA) is 64.0 Å². The lowest BCUT2D eigenvalue weighted by molar-refractivity contribution is -0.116. The molecule has 2 heterocycles. The van der Waals surface area contributed by atoms with Gasteiger partial charge in [0.25, 0.3) is 0 Å². The van der Waals surface area contributed by atoms with Crippen molar-refractivity contribution in [1.82, 2.24) is 9.55 Å². The lowest BCUT2D eigenvalue weighted by atomic mass is 10.2. The predicted octanol–water partition coefficient (Wildman–Crippen LogP) is 3.75. The van der Waals surface area contributed by atoms with Gasteiger partial charge in [0.1, 0.15) is 5.82 Å². The van der Waals surface area contributed by atoms with Gasteiger partial charge < -0.3 is 5.32 Å². The Hall–Kier alpha value is -2.66. The molecule has 116 valence electrons. The Labute approximate surface area is 137 Å². The summed E-state index contributed by atoms with van der Waals surface area (Å²) in [6.45, 7) is 0. The van der Waals surface area contributed by atoms with Gasteiger partial charge in [-0.25, -0.2) is 4.98 Å². The minimum Gasteiger partial charge on any atom is -0.311 e. The zero-order valence-electron chi connectivity index (χ0n) is 12.2. The van der Waals surface area contributed by atoms with Crippen LogP contribution in [0.3, 0.4) is 0 Å². The van der Waals surface area contributed by atoms with Gasteiger partial charge in [-0.1, -0.05) is 29.8 Å². The summed E-state index contributed by atoms with van der Waals surface area (Å²) in [5.74, 6) is -0.0219. The molecule has 0 saturated carbocycles. The summed E-state index contributed by atoms with van der Waals surface area (Å²) in [5, 5.41) is 4.11. The Morgan fingerprint density at radius 3 is 2.78 bits per heavy atom. The van der Waals surface area contributed by atoms with E-state index < -0.39 is 0 Å². The first-order valence-corrected chi connectivity index (χ1v) is 7.52. The molecule has 0 spiro atoms. The van der Waals surface area contributed by atoms with Crippen LogP contribution in [0.4, 0.5) is 5.82 Å². The molecule has 5 nitrogen and oxygen atoms in total. The molecule has 0 fully saturated rings. The van der Waals surface area contributed by atoms with Crippen LogP contribution in [0.2, 0.25) is 5.02 Å². The fourth-order valence-corrected chi connectivity index (χ4v) is 2.48. The third kappa shape index (κ3) is 3.57. The van der Waals surface area contributed by atoms with Crippen molar-refractivity contribution in [2.24, 2.45) is 0 Å². The van der Waals surface area contributed by atoms with E-state index in [0.717, 1.165) is 10.9 Å². The second kappa shape index (κ2) is 6.62. The van der Waals surface area contributed by atoms with Gasteiger partial charge in [0.05, 0.1) is 5.52 Å². The van der Waals surface area contributed by atoms with E-state index in [2.05, 4.69) is 10.3 Å². The van der Waals surface area contributed by atoms with E-state index in [-0.39, 0.29) is 24.7 Å². The van der Waals surface area contributed by atoms with Crippen LogP contribution >= 0.6 is 11.6 Å². The minimum absolute atomic E-state index is 0.0829. The summed E-state index contributed by atoms with van der Waals surface area (Å²) in [7, 11) is 0. The monoisotopic (exact) mass is 327 g/mol. The smallest absolute Gasteiger partial charge is 0.231 e. The molecule has 23 heavy (non-hydrogen) atoms. The van der Waals surface area contributed by atoms with Gasteiger partial charge in [-0.05, 0) is 24.3 Å². The van der Waals surface area contributed by atoms with E-state index in [1.165, 1.54) is 6.20 Å². The molecule has 3 aromatic rings. The maximum absolute atomic E-state index is 12.3. The summed E-state index contributed by atoms with van der Waals surface area (Å²) in [5.41, 5.74) is 0.842. The Morgan fingerprint density at radius 2 is 1.96 bits per heavy atom. The summed E-state index contributed by atoms with van der Waals surface area (Å²) in [6, 6.07) is 12.7. The lowest BCUT2D eigenvalue weighted by Crippen LogP contribution is -2.16. The molecule has 1 amide bonds. The molecule has 6 heteroatoms. The van der Waals surface area contributed by atoms with Crippen LogP contribution in [-0.4, -0.2) is 21.4 Å². The molecule has 0 saturated heterocycles. The Morgan fingerprint density at radius 1 is 1.13 bits per heavy atom. The van der Waals surface area contributed by atoms with E-state index in [1.807, 2.05) is 30.3 Å². The molecule has 0 aliphatic carbocycles. The lowest BCUT2D eigenvalue weighted by Gasteiger charge is -2.06. The third-order valence-corrected chi connectivity index (χ3v) is 3.66. The van der Waals surface area contributed by atoms with Crippen molar-refractivity contribution in [2.45, 2.75) is 12.8 Å². The van der Waals surface area contributed by atoms with Crippen molar-refractivity contribution in [3.05, 3.63) is 59.9 Å². The largest absolute Gasteiger partial charge is 0.311 e. The number of halogens is 1. The van der Waals surface area contributed by atoms with E-state index >= 15 is 0 Å². The number of rotatable bonds is 4. The number of nitrogens with one attached hydrogen (secondary N) is 1. The molecule has 0 bridgehead atoms. The summed E-state index contributed by atoms with van der Waals surface area (Å²) < 4.78 is 1.57. The molecule has 1 aromatic carbocycles. The number of hydrogen-bond donors (Lipinski definition) is 1. The standard InChI is InChI=1S/C17H14ClN3O2/c18-13-7-9-19-15(11-13)20-16(22)5-6-17(23)21-10-8-12-3-1-2-4-14(12)21/h1-4,7-11H,5-6H2,(H,19,20,22). The van der Waals surface area contributed by atoms with Crippen LogP contribution in [-0.2, 0) is 4.79 Å². The maximum atomic E-state index is 12.3. The molecule has 0 aliphatic rings. The number of carbonyl (C=O) groups is 2. The molecule has 1 N–H and O–H groups in total. The highest BCUT2D eigenvalue weighted by molar-refractivity contribution is 6.30. The van der Waals surface area contributed by atoms with Gasteiger partial charge in [0, 0.05) is 35.6 Å². The quantitative estimate of drug-likeness (QED) is 0.793. The highest BCUT2D eigenvalue weighted by atomic mass is 35.5. The molecule has 0 aliphatic heterocycles. The fourth-order valence-electron chi connectivity index (χ4n) is 2.32.